The Labute approximate surface area is 137 Å². The van der Waals surface area contributed by atoms with E-state index < -0.39 is 0 Å². The molecule has 1 aliphatic rings. The number of carbonyl (C=O) groups is 1. The van der Waals surface area contributed by atoms with Crippen LogP contribution in [0.2, 0.25) is 0 Å². The number of likely N-dealkylation sites (tertiary alicyclic amines) is 1. The number of ether oxygens (including phenoxy) is 1. The maximum atomic E-state index is 12.8. The molecule has 0 N–H and O–H groups in total. The van der Waals surface area contributed by atoms with E-state index in [0.29, 0.717) is 12.2 Å². The Morgan fingerprint density at radius 1 is 1.26 bits per heavy atom. The van der Waals surface area contributed by atoms with Crippen LogP contribution in [-0.2, 0) is 11.2 Å². The van der Waals surface area contributed by atoms with Gasteiger partial charge in [0.15, 0.2) is 0 Å². The third-order valence-electron chi connectivity index (χ3n) is 4.32. The number of hydrogen-bond donors (Lipinski definition) is 0. The first-order chi connectivity index (χ1) is 11.3. The Morgan fingerprint density at radius 3 is 2.78 bits per heavy atom. The fourth-order valence-electron chi connectivity index (χ4n) is 3.24. The molecule has 4 heteroatoms. The van der Waals surface area contributed by atoms with Crippen molar-refractivity contribution < 1.29 is 9.53 Å². The normalized spacial score (nSPS) is 20.7. The van der Waals surface area contributed by atoms with Gasteiger partial charge in [-0.1, -0.05) is 30.3 Å². The average Bonchev–Trinajstić information content (AvgIpc) is 2.99. The number of benzene rings is 1. The molecule has 23 heavy (non-hydrogen) atoms. The summed E-state index contributed by atoms with van der Waals surface area (Å²) in [6, 6.07) is 14.0. The number of amides is 1. The minimum atomic E-state index is 0.0428. The molecular weight excluding hydrogens is 288 g/mol. The molecule has 1 amide bonds. The van der Waals surface area contributed by atoms with E-state index in [1.165, 1.54) is 5.56 Å². The van der Waals surface area contributed by atoms with E-state index in [2.05, 4.69) is 17.1 Å². The van der Waals surface area contributed by atoms with E-state index in [1.54, 1.807) is 18.5 Å². The molecule has 1 aliphatic heterocycles. The molecule has 4 nitrogen and oxygen atoms in total. The monoisotopic (exact) mass is 310 g/mol. The number of hydrogen-bond acceptors (Lipinski definition) is 3. The van der Waals surface area contributed by atoms with Crippen molar-refractivity contribution in [1.82, 2.24) is 9.88 Å². The Hall–Kier alpha value is -2.20. The zero-order valence-corrected chi connectivity index (χ0v) is 13.4. The van der Waals surface area contributed by atoms with Gasteiger partial charge in [-0.2, -0.15) is 0 Å². The van der Waals surface area contributed by atoms with E-state index in [1.807, 2.05) is 36.1 Å². The van der Waals surface area contributed by atoms with Crippen molar-refractivity contribution in [3.8, 4) is 0 Å². The summed E-state index contributed by atoms with van der Waals surface area (Å²) in [5, 5.41) is 0. The summed E-state index contributed by atoms with van der Waals surface area (Å²) in [6.07, 6.45) is 5.12. The van der Waals surface area contributed by atoms with Crippen LogP contribution in [0, 0.1) is 0 Å². The SMILES string of the molecule is CCO[C@@H]1CCN(C(=O)c2cccnc2)[C@@H]1Cc1ccccc1. The molecule has 2 heterocycles. The third-order valence-corrected chi connectivity index (χ3v) is 4.32. The van der Waals surface area contributed by atoms with Crippen molar-refractivity contribution in [1.29, 1.82) is 0 Å². The molecular formula is C19H22N2O2. The molecule has 3 rings (SSSR count). The van der Waals surface area contributed by atoms with Crippen molar-refractivity contribution in [2.24, 2.45) is 0 Å². The Bertz CT molecular complexity index is 630. The molecule has 1 aromatic heterocycles. The molecule has 0 unspecified atom stereocenters. The second-order valence-electron chi connectivity index (χ2n) is 5.78. The van der Waals surface area contributed by atoms with Crippen LogP contribution in [0.25, 0.3) is 0 Å². The first-order valence-corrected chi connectivity index (χ1v) is 8.16. The molecule has 0 aliphatic carbocycles. The second-order valence-corrected chi connectivity index (χ2v) is 5.78. The first-order valence-electron chi connectivity index (χ1n) is 8.16. The largest absolute Gasteiger partial charge is 0.376 e. The van der Waals surface area contributed by atoms with Gasteiger partial charge in [-0.05, 0) is 37.5 Å². The van der Waals surface area contributed by atoms with E-state index in [4.69, 9.17) is 4.74 Å². The summed E-state index contributed by atoms with van der Waals surface area (Å²) in [5.41, 5.74) is 1.87. The van der Waals surface area contributed by atoms with Gasteiger partial charge in [0.1, 0.15) is 0 Å². The molecule has 0 bridgehead atoms. The van der Waals surface area contributed by atoms with Gasteiger partial charge in [-0.15, -0.1) is 0 Å². The standard InChI is InChI=1S/C19H22N2O2/c1-2-23-18-10-12-21(19(22)16-9-6-11-20-14-16)17(18)13-15-7-4-3-5-8-15/h3-9,11,14,17-18H,2,10,12-13H2,1H3/t17-,18-/m1/s1. The van der Waals surface area contributed by atoms with Crippen LogP contribution < -0.4 is 0 Å². The van der Waals surface area contributed by atoms with Gasteiger partial charge in [0, 0.05) is 25.5 Å². The minimum Gasteiger partial charge on any atom is -0.376 e. The Morgan fingerprint density at radius 2 is 2.09 bits per heavy atom. The van der Waals surface area contributed by atoms with Crippen LogP contribution in [-0.4, -0.2) is 41.1 Å². The maximum absolute atomic E-state index is 12.8. The van der Waals surface area contributed by atoms with Crippen molar-refractivity contribution in [2.75, 3.05) is 13.2 Å². The third kappa shape index (κ3) is 3.59. The molecule has 0 spiro atoms. The maximum Gasteiger partial charge on any atom is 0.255 e. The fraction of sp³-hybridized carbons (Fsp3) is 0.368. The van der Waals surface area contributed by atoms with Crippen LogP contribution in [0.5, 0.6) is 0 Å². The fourth-order valence-corrected chi connectivity index (χ4v) is 3.24. The summed E-state index contributed by atoms with van der Waals surface area (Å²) in [6.45, 7) is 3.41. The average molecular weight is 310 g/mol. The van der Waals surface area contributed by atoms with Gasteiger partial charge in [0.05, 0.1) is 17.7 Å². The van der Waals surface area contributed by atoms with Gasteiger partial charge in [0.25, 0.3) is 5.91 Å². The topological polar surface area (TPSA) is 42.4 Å². The molecule has 2 atom stereocenters. The number of aromatic nitrogens is 1. The van der Waals surface area contributed by atoms with Gasteiger partial charge in [0.2, 0.25) is 0 Å². The smallest absolute Gasteiger partial charge is 0.255 e. The number of rotatable bonds is 5. The summed E-state index contributed by atoms with van der Waals surface area (Å²) in [5.74, 6) is 0.0428. The molecule has 0 radical (unpaired) electrons. The van der Waals surface area contributed by atoms with E-state index in [0.717, 1.165) is 19.4 Å². The number of carbonyl (C=O) groups excluding carboxylic acids is 1. The lowest BCUT2D eigenvalue weighted by Gasteiger charge is -2.28. The highest BCUT2D eigenvalue weighted by Gasteiger charge is 2.37. The number of nitrogens with zero attached hydrogens (tertiary/aromatic N) is 2. The van der Waals surface area contributed by atoms with Crippen molar-refractivity contribution in [3.63, 3.8) is 0 Å². The number of pyridine rings is 1. The van der Waals surface area contributed by atoms with Gasteiger partial charge in [-0.3, -0.25) is 9.78 Å². The first kappa shape index (κ1) is 15.7. The molecule has 1 aromatic carbocycles. The van der Waals surface area contributed by atoms with Crippen molar-refractivity contribution >= 4 is 5.91 Å². The molecule has 1 fully saturated rings. The zero-order chi connectivity index (χ0) is 16.1. The second kappa shape index (κ2) is 7.38. The van der Waals surface area contributed by atoms with E-state index >= 15 is 0 Å². The van der Waals surface area contributed by atoms with Crippen molar-refractivity contribution in [3.05, 3.63) is 66.0 Å². The molecule has 2 aromatic rings. The molecule has 120 valence electrons. The highest BCUT2D eigenvalue weighted by molar-refractivity contribution is 5.94. The van der Waals surface area contributed by atoms with Crippen LogP contribution >= 0.6 is 0 Å². The van der Waals surface area contributed by atoms with Crippen LogP contribution in [0.4, 0.5) is 0 Å². The quantitative estimate of drug-likeness (QED) is 0.853. The van der Waals surface area contributed by atoms with Gasteiger partial charge < -0.3 is 9.64 Å². The molecule has 0 saturated carbocycles. The van der Waals surface area contributed by atoms with Crippen LogP contribution in [0.1, 0.15) is 29.3 Å². The highest BCUT2D eigenvalue weighted by Crippen LogP contribution is 2.26. The minimum absolute atomic E-state index is 0.0428. The van der Waals surface area contributed by atoms with Crippen LogP contribution in [0.15, 0.2) is 54.9 Å². The zero-order valence-electron chi connectivity index (χ0n) is 13.4. The van der Waals surface area contributed by atoms with Crippen LogP contribution in [0.3, 0.4) is 0 Å². The Kier molecular flexibility index (Phi) is 5.03. The highest BCUT2D eigenvalue weighted by atomic mass is 16.5. The molecule has 1 saturated heterocycles. The lowest BCUT2D eigenvalue weighted by Crippen LogP contribution is -2.42. The lowest BCUT2D eigenvalue weighted by atomic mass is 10.0. The van der Waals surface area contributed by atoms with Crippen molar-refractivity contribution in [2.45, 2.75) is 31.9 Å². The lowest BCUT2D eigenvalue weighted by molar-refractivity contribution is 0.0312. The summed E-state index contributed by atoms with van der Waals surface area (Å²) < 4.78 is 5.89. The predicted octanol–water partition coefficient (Wildman–Crippen LogP) is 2.94. The summed E-state index contributed by atoms with van der Waals surface area (Å²) >= 11 is 0. The van der Waals surface area contributed by atoms with Gasteiger partial charge >= 0.3 is 0 Å². The Balaban J connectivity index is 1.81. The summed E-state index contributed by atoms with van der Waals surface area (Å²) in [7, 11) is 0. The summed E-state index contributed by atoms with van der Waals surface area (Å²) in [4.78, 5) is 18.8. The van der Waals surface area contributed by atoms with E-state index in [9.17, 15) is 4.79 Å². The predicted molar refractivity (Wildman–Crippen MR) is 89.2 cm³/mol. The van der Waals surface area contributed by atoms with Gasteiger partial charge in [-0.25, -0.2) is 0 Å². The van der Waals surface area contributed by atoms with E-state index in [-0.39, 0.29) is 18.1 Å².